The van der Waals surface area contributed by atoms with Crippen molar-refractivity contribution in [3.05, 3.63) is 150 Å². The molecule has 0 fully saturated rings. The van der Waals surface area contributed by atoms with Crippen LogP contribution in [0.1, 0.15) is 42.0 Å². The van der Waals surface area contributed by atoms with Gasteiger partial charge in [-0.15, -0.1) is 0 Å². The number of benzene rings is 5. The molecule has 6 heteroatoms. The van der Waals surface area contributed by atoms with Crippen molar-refractivity contribution in [3.63, 3.8) is 0 Å². The zero-order valence-electron chi connectivity index (χ0n) is 24.3. The Morgan fingerprint density at radius 3 is 1.93 bits per heavy atom. The van der Waals surface area contributed by atoms with Gasteiger partial charge in [0.1, 0.15) is 18.4 Å². The maximum absolute atomic E-state index is 13.7. The second-order valence-corrected chi connectivity index (χ2v) is 10.7. The van der Waals surface area contributed by atoms with Crippen LogP contribution in [0.2, 0.25) is 0 Å². The highest BCUT2D eigenvalue weighted by molar-refractivity contribution is 6.03. The van der Waals surface area contributed by atoms with Gasteiger partial charge in [-0.3, -0.25) is 9.59 Å². The fourth-order valence-electron chi connectivity index (χ4n) is 5.06. The summed E-state index contributed by atoms with van der Waals surface area (Å²) in [5.74, 6) is -0.719. The Morgan fingerprint density at radius 1 is 0.721 bits per heavy atom. The Morgan fingerprint density at radius 2 is 1.30 bits per heavy atom. The summed E-state index contributed by atoms with van der Waals surface area (Å²) in [6.45, 7) is 4.20. The summed E-state index contributed by atoms with van der Waals surface area (Å²) in [5, 5.41) is 9.30. The zero-order chi connectivity index (χ0) is 30.0. The van der Waals surface area contributed by atoms with Gasteiger partial charge in [-0.2, -0.15) is 5.10 Å². The van der Waals surface area contributed by atoms with E-state index in [0.29, 0.717) is 12.4 Å². The second kappa shape index (κ2) is 14.1. The van der Waals surface area contributed by atoms with Crippen molar-refractivity contribution in [1.82, 2.24) is 10.7 Å². The molecular weight excluding hydrogens is 534 g/mol. The summed E-state index contributed by atoms with van der Waals surface area (Å²) in [7, 11) is 0. The Labute approximate surface area is 252 Å². The molecule has 2 amide bonds. The van der Waals surface area contributed by atoms with Crippen LogP contribution in [0.4, 0.5) is 0 Å². The van der Waals surface area contributed by atoms with Crippen LogP contribution in [0.3, 0.4) is 0 Å². The highest BCUT2D eigenvalue weighted by Crippen LogP contribution is 2.28. The van der Waals surface area contributed by atoms with Gasteiger partial charge in [-0.05, 0) is 39.4 Å². The molecule has 0 heterocycles. The molecule has 0 bridgehead atoms. The first-order valence-corrected chi connectivity index (χ1v) is 14.4. The number of carbonyl (C=O) groups excluding carboxylic acids is 2. The fourth-order valence-corrected chi connectivity index (χ4v) is 5.06. The fraction of sp³-hybridized carbons (Fsp3) is 0.162. The zero-order valence-corrected chi connectivity index (χ0v) is 24.3. The molecule has 2 N–H and O–H groups in total. The summed E-state index contributed by atoms with van der Waals surface area (Å²) in [5.41, 5.74) is 6.17. The number of hydrogen-bond acceptors (Lipinski definition) is 4. The number of hydrogen-bond donors (Lipinski definition) is 2. The Hall–Kier alpha value is -5.23. The van der Waals surface area contributed by atoms with Crippen molar-refractivity contribution in [3.8, 4) is 5.75 Å². The van der Waals surface area contributed by atoms with Gasteiger partial charge in [0.25, 0.3) is 5.91 Å². The molecule has 0 radical (unpaired) electrons. The molecule has 216 valence electrons. The van der Waals surface area contributed by atoms with E-state index in [0.717, 1.165) is 33.0 Å². The normalized spacial score (nSPS) is 12.0. The van der Waals surface area contributed by atoms with Crippen LogP contribution in [-0.2, 0) is 16.2 Å². The van der Waals surface area contributed by atoms with Gasteiger partial charge in [0.05, 0.1) is 12.1 Å². The van der Waals surface area contributed by atoms with Gasteiger partial charge in [-0.25, -0.2) is 5.43 Å². The molecule has 0 saturated heterocycles. The molecule has 6 nitrogen and oxygen atoms in total. The van der Waals surface area contributed by atoms with Crippen molar-refractivity contribution in [2.75, 3.05) is 0 Å². The van der Waals surface area contributed by atoms with E-state index in [4.69, 9.17) is 4.74 Å². The van der Waals surface area contributed by atoms with Crippen molar-refractivity contribution in [2.24, 2.45) is 11.0 Å². The van der Waals surface area contributed by atoms with Crippen LogP contribution in [0.5, 0.6) is 5.75 Å². The minimum absolute atomic E-state index is 0.173. The van der Waals surface area contributed by atoms with Crippen molar-refractivity contribution in [1.29, 1.82) is 0 Å². The van der Waals surface area contributed by atoms with Gasteiger partial charge in [0.2, 0.25) is 5.91 Å². The molecular formula is C37H35N3O3. The number of fused-ring (bicyclic) bond motifs is 1. The number of nitrogens with zero attached hydrogens (tertiary/aromatic N) is 1. The smallest absolute Gasteiger partial charge is 0.262 e. The van der Waals surface area contributed by atoms with Crippen molar-refractivity contribution in [2.45, 2.75) is 32.4 Å². The van der Waals surface area contributed by atoms with E-state index in [9.17, 15) is 9.59 Å². The van der Waals surface area contributed by atoms with Crippen molar-refractivity contribution >= 4 is 28.8 Å². The number of ether oxygens (including phenoxy) is 1. The molecule has 43 heavy (non-hydrogen) atoms. The summed E-state index contributed by atoms with van der Waals surface area (Å²) >= 11 is 0. The number of hydrazone groups is 1. The highest BCUT2D eigenvalue weighted by atomic mass is 16.5. The summed E-state index contributed by atoms with van der Waals surface area (Å²) in [6.07, 6.45) is 1.61. The standard InChI is InChI=1S/C37H35N3O3/c1-26(2)35(39-36(41)34(29-17-8-4-9-18-29)30-19-10-5-11-20-30)37(42)40-38-24-32-31-21-13-12-16-28(31)22-23-33(32)43-25-27-14-6-3-7-15-27/h3-24,26,34-35H,25H2,1-2H3,(H,39,41)(H,40,42)/b38-24+. The lowest BCUT2D eigenvalue weighted by atomic mass is 9.89. The van der Waals surface area contributed by atoms with E-state index in [-0.39, 0.29) is 11.8 Å². The van der Waals surface area contributed by atoms with Gasteiger partial charge >= 0.3 is 0 Å². The molecule has 0 aliphatic carbocycles. The average molecular weight is 570 g/mol. The SMILES string of the molecule is CC(C)C(NC(=O)C(c1ccccc1)c1ccccc1)C(=O)N/N=C/c1c(OCc2ccccc2)ccc2ccccc12. The van der Waals surface area contributed by atoms with E-state index in [2.05, 4.69) is 15.8 Å². The average Bonchev–Trinajstić information content (AvgIpc) is 3.04. The maximum Gasteiger partial charge on any atom is 0.262 e. The van der Waals surface area contributed by atoms with Gasteiger partial charge in [0.15, 0.2) is 0 Å². The first-order valence-electron chi connectivity index (χ1n) is 14.4. The molecule has 5 rings (SSSR count). The van der Waals surface area contributed by atoms with Crippen LogP contribution < -0.4 is 15.5 Å². The first kappa shape index (κ1) is 29.3. The lowest BCUT2D eigenvalue weighted by Crippen LogP contribution is -2.50. The van der Waals surface area contributed by atoms with E-state index in [1.165, 1.54) is 0 Å². The molecule has 5 aromatic carbocycles. The molecule has 0 aromatic heterocycles. The number of nitrogens with one attached hydrogen (secondary N) is 2. The molecule has 0 spiro atoms. The molecule has 1 atom stereocenters. The molecule has 5 aromatic rings. The first-order chi connectivity index (χ1) is 21.0. The minimum atomic E-state index is -0.791. The predicted molar refractivity (Wildman–Crippen MR) is 172 cm³/mol. The van der Waals surface area contributed by atoms with E-state index >= 15 is 0 Å². The monoisotopic (exact) mass is 569 g/mol. The third-order valence-corrected chi connectivity index (χ3v) is 7.31. The topological polar surface area (TPSA) is 79.8 Å². The largest absolute Gasteiger partial charge is 0.488 e. The quantitative estimate of drug-likeness (QED) is 0.135. The van der Waals surface area contributed by atoms with Crippen LogP contribution >= 0.6 is 0 Å². The van der Waals surface area contributed by atoms with Crippen molar-refractivity contribution < 1.29 is 14.3 Å². The Bertz CT molecular complexity index is 1650. The summed E-state index contributed by atoms with van der Waals surface area (Å²) < 4.78 is 6.18. The van der Waals surface area contributed by atoms with E-state index in [1.54, 1.807) is 6.21 Å². The third-order valence-electron chi connectivity index (χ3n) is 7.31. The van der Waals surface area contributed by atoms with Crippen LogP contribution in [0.15, 0.2) is 132 Å². The van der Waals surface area contributed by atoms with Gasteiger partial charge in [-0.1, -0.05) is 135 Å². The van der Waals surface area contributed by atoms with E-state index < -0.39 is 17.9 Å². The number of rotatable bonds is 11. The lowest BCUT2D eigenvalue weighted by Gasteiger charge is -2.24. The van der Waals surface area contributed by atoms with E-state index in [1.807, 2.05) is 141 Å². The van der Waals surface area contributed by atoms with Crippen LogP contribution in [0, 0.1) is 5.92 Å². The predicted octanol–water partition coefficient (Wildman–Crippen LogP) is 6.84. The Balaban J connectivity index is 1.34. The highest BCUT2D eigenvalue weighted by Gasteiger charge is 2.29. The van der Waals surface area contributed by atoms with Gasteiger partial charge in [0, 0.05) is 5.56 Å². The maximum atomic E-state index is 13.7. The molecule has 0 aliphatic heterocycles. The molecule has 1 unspecified atom stereocenters. The summed E-state index contributed by atoms with van der Waals surface area (Å²) in [4.78, 5) is 27.1. The van der Waals surface area contributed by atoms with Crippen LogP contribution in [-0.4, -0.2) is 24.1 Å². The number of carbonyl (C=O) groups is 2. The summed E-state index contributed by atoms with van der Waals surface area (Å²) in [6, 6.07) is 40.2. The van der Waals surface area contributed by atoms with Crippen LogP contribution in [0.25, 0.3) is 10.8 Å². The van der Waals surface area contributed by atoms with Gasteiger partial charge < -0.3 is 10.1 Å². The molecule has 0 aliphatic rings. The lowest BCUT2D eigenvalue weighted by molar-refractivity contribution is -0.130. The third kappa shape index (κ3) is 7.35. The minimum Gasteiger partial charge on any atom is -0.488 e. The second-order valence-electron chi connectivity index (χ2n) is 10.7. The molecule has 0 saturated carbocycles. The number of amides is 2. The Kier molecular flexibility index (Phi) is 9.60.